The van der Waals surface area contributed by atoms with Crippen LogP contribution >= 0.6 is 24.0 Å². The van der Waals surface area contributed by atoms with Crippen LogP contribution in [0.2, 0.25) is 0 Å². The van der Waals surface area contributed by atoms with E-state index >= 15 is 0 Å². The van der Waals surface area contributed by atoms with E-state index in [1.807, 2.05) is 25.7 Å². The van der Waals surface area contributed by atoms with Gasteiger partial charge >= 0.3 is 6.09 Å². The minimum atomic E-state index is -0.456. The molecule has 8 nitrogen and oxygen atoms in total. The normalized spacial score (nSPS) is 20.7. The topological polar surface area (TPSA) is 84.4 Å². The maximum Gasteiger partial charge on any atom is 0.410 e. The number of nitrogens with zero attached hydrogens (tertiary/aromatic N) is 2. The number of ether oxygens (including phenoxy) is 3. The van der Waals surface area contributed by atoms with Gasteiger partial charge in [-0.05, 0) is 64.7 Å². The molecule has 0 saturated carbocycles. The lowest BCUT2D eigenvalue weighted by Gasteiger charge is -2.34. The number of hydrogen-bond donors (Lipinski definition) is 2. The zero-order chi connectivity index (χ0) is 21.8. The number of rotatable bonds is 8. The highest BCUT2D eigenvalue weighted by atomic mass is 127. The van der Waals surface area contributed by atoms with Crippen LogP contribution in [0.25, 0.3) is 0 Å². The monoisotopic (exact) mass is 554 g/mol. The van der Waals surface area contributed by atoms with Crippen LogP contribution in [-0.2, 0) is 14.2 Å². The van der Waals surface area contributed by atoms with Crippen molar-refractivity contribution < 1.29 is 19.0 Å². The van der Waals surface area contributed by atoms with Crippen molar-refractivity contribution in [2.24, 2.45) is 16.8 Å². The van der Waals surface area contributed by atoms with Gasteiger partial charge in [-0.1, -0.05) is 0 Å². The lowest BCUT2D eigenvalue weighted by atomic mass is 9.98. The predicted octanol–water partition coefficient (Wildman–Crippen LogP) is 3.25. The van der Waals surface area contributed by atoms with Crippen LogP contribution in [0.15, 0.2) is 4.99 Å². The van der Waals surface area contributed by atoms with Crippen molar-refractivity contribution in [1.82, 2.24) is 15.5 Å². The Hall–Kier alpha value is -0.810. The first-order valence-electron chi connectivity index (χ1n) is 11.5. The Labute approximate surface area is 205 Å². The van der Waals surface area contributed by atoms with Crippen molar-refractivity contribution in [3.8, 4) is 0 Å². The first-order valence-corrected chi connectivity index (χ1v) is 11.5. The molecule has 2 N–H and O–H groups in total. The van der Waals surface area contributed by atoms with E-state index in [2.05, 4.69) is 15.6 Å². The second kappa shape index (κ2) is 15.1. The third-order valence-electron chi connectivity index (χ3n) is 5.40. The molecular weight excluding hydrogens is 511 g/mol. The SMILES string of the molecule is CN=C(NCCCOCC1CCOCC1)NCC1CCCN(C(=O)OC(C)(C)C)C1.I. The summed E-state index contributed by atoms with van der Waals surface area (Å²) < 4.78 is 16.7. The van der Waals surface area contributed by atoms with Gasteiger partial charge in [-0.25, -0.2) is 4.79 Å². The molecule has 2 aliphatic heterocycles. The van der Waals surface area contributed by atoms with Gasteiger partial charge in [0, 0.05) is 59.7 Å². The Kier molecular flexibility index (Phi) is 13.8. The summed E-state index contributed by atoms with van der Waals surface area (Å²) in [6.07, 6.45) is 5.06. The molecule has 2 rings (SSSR count). The maximum atomic E-state index is 12.3. The fourth-order valence-electron chi connectivity index (χ4n) is 3.73. The molecule has 2 saturated heterocycles. The van der Waals surface area contributed by atoms with Crippen LogP contribution in [0, 0.1) is 11.8 Å². The smallest absolute Gasteiger partial charge is 0.410 e. The van der Waals surface area contributed by atoms with E-state index in [9.17, 15) is 4.79 Å². The van der Waals surface area contributed by atoms with Crippen LogP contribution in [-0.4, -0.2) is 82.2 Å². The molecule has 1 amide bonds. The fraction of sp³-hybridized carbons (Fsp3) is 0.909. The van der Waals surface area contributed by atoms with Gasteiger partial charge in [-0.15, -0.1) is 24.0 Å². The summed E-state index contributed by atoms with van der Waals surface area (Å²) in [6.45, 7) is 12.1. The second-order valence-electron chi connectivity index (χ2n) is 9.30. The number of guanidine groups is 1. The number of aliphatic imine (C=N–C) groups is 1. The molecule has 0 aliphatic carbocycles. The van der Waals surface area contributed by atoms with E-state index in [0.717, 1.165) is 90.7 Å². The highest BCUT2D eigenvalue weighted by Gasteiger charge is 2.27. The van der Waals surface area contributed by atoms with Crippen molar-refractivity contribution in [2.75, 3.05) is 59.7 Å². The Morgan fingerprint density at radius 1 is 1.16 bits per heavy atom. The lowest BCUT2D eigenvalue weighted by molar-refractivity contribution is 0.0168. The Bertz CT molecular complexity index is 536. The van der Waals surface area contributed by atoms with Crippen molar-refractivity contribution in [3.05, 3.63) is 0 Å². The fourth-order valence-corrected chi connectivity index (χ4v) is 3.73. The molecule has 31 heavy (non-hydrogen) atoms. The number of nitrogens with one attached hydrogen (secondary N) is 2. The molecule has 0 aromatic rings. The summed E-state index contributed by atoms with van der Waals surface area (Å²) in [7, 11) is 1.78. The molecule has 1 atom stereocenters. The van der Waals surface area contributed by atoms with E-state index in [1.165, 1.54) is 0 Å². The zero-order valence-corrected chi connectivity index (χ0v) is 22.1. The summed E-state index contributed by atoms with van der Waals surface area (Å²) >= 11 is 0. The number of likely N-dealkylation sites (tertiary alicyclic amines) is 1. The van der Waals surface area contributed by atoms with Crippen LogP contribution in [0.4, 0.5) is 4.79 Å². The summed E-state index contributed by atoms with van der Waals surface area (Å²) in [4.78, 5) is 18.4. The van der Waals surface area contributed by atoms with Crippen LogP contribution in [0.3, 0.4) is 0 Å². The predicted molar refractivity (Wildman–Crippen MR) is 134 cm³/mol. The van der Waals surface area contributed by atoms with Crippen LogP contribution in [0.5, 0.6) is 0 Å². The molecule has 0 spiro atoms. The molecule has 9 heteroatoms. The average molecular weight is 555 g/mol. The Balaban J connectivity index is 0.00000480. The van der Waals surface area contributed by atoms with Gasteiger partial charge in [0.2, 0.25) is 0 Å². The number of piperidine rings is 1. The standard InChI is InChI=1S/C22H42N4O4.HI/c1-22(2,3)30-21(27)26-11-5-7-19(16-26)15-25-20(23-4)24-10-6-12-29-17-18-8-13-28-14-9-18;/h18-19H,5-17H2,1-4H3,(H2,23,24,25);1H. The number of amides is 1. The minimum absolute atomic E-state index is 0. The molecule has 2 heterocycles. The molecule has 2 aliphatic rings. The van der Waals surface area contributed by atoms with E-state index in [4.69, 9.17) is 14.2 Å². The van der Waals surface area contributed by atoms with Gasteiger partial charge in [-0.2, -0.15) is 0 Å². The minimum Gasteiger partial charge on any atom is -0.444 e. The van der Waals surface area contributed by atoms with Gasteiger partial charge in [-0.3, -0.25) is 4.99 Å². The van der Waals surface area contributed by atoms with Gasteiger partial charge in [0.15, 0.2) is 5.96 Å². The Morgan fingerprint density at radius 3 is 2.58 bits per heavy atom. The van der Waals surface area contributed by atoms with Crippen LogP contribution < -0.4 is 10.6 Å². The van der Waals surface area contributed by atoms with Gasteiger partial charge in [0.25, 0.3) is 0 Å². The number of halogens is 1. The largest absolute Gasteiger partial charge is 0.444 e. The van der Waals surface area contributed by atoms with Gasteiger partial charge in [0.05, 0.1) is 0 Å². The first-order chi connectivity index (χ1) is 14.4. The number of carbonyl (C=O) groups excluding carboxylic acids is 1. The summed E-state index contributed by atoms with van der Waals surface area (Å²) in [6, 6.07) is 0. The molecule has 0 radical (unpaired) electrons. The van der Waals surface area contributed by atoms with E-state index in [1.54, 1.807) is 7.05 Å². The molecule has 0 aromatic carbocycles. The van der Waals surface area contributed by atoms with E-state index in [-0.39, 0.29) is 30.1 Å². The van der Waals surface area contributed by atoms with Gasteiger partial charge < -0.3 is 29.7 Å². The highest BCUT2D eigenvalue weighted by molar-refractivity contribution is 14.0. The molecular formula is C22H43IN4O4. The van der Waals surface area contributed by atoms with E-state index in [0.29, 0.717) is 11.8 Å². The molecule has 0 bridgehead atoms. The second-order valence-corrected chi connectivity index (χ2v) is 9.30. The average Bonchev–Trinajstić information content (AvgIpc) is 2.72. The quantitative estimate of drug-likeness (QED) is 0.208. The molecule has 1 unspecified atom stereocenters. The highest BCUT2D eigenvalue weighted by Crippen LogP contribution is 2.19. The molecule has 182 valence electrons. The maximum absolute atomic E-state index is 12.3. The van der Waals surface area contributed by atoms with Crippen molar-refractivity contribution in [3.63, 3.8) is 0 Å². The summed E-state index contributed by atoms with van der Waals surface area (Å²) in [5, 5.41) is 6.74. The number of carbonyl (C=O) groups is 1. The first kappa shape index (κ1) is 28.2. The van der Waals surface area contributed by atoms with Crippen molar-refractivity contribution >= 4 is 36.0 Å². The third-order valence-corrected chi connectivity index (χ3v) is 5.40. The summed E-state index contributed by atoms with van der Waals surface area (Å²) in [5.41, 5.74) is -0.456. The lowest BCUT2D eigenvalue weighted by Crippen LogP contribution is -2.47. The number of hydrogen-bond acceptors (Lipinski definition) is 5. The molecule has 0 aromatic heterocycles. The van der Waals surface area contributed by atoms with Gasteiger partial charge in [0.1, 0.15) is 5.60 Å². The van der Waals surface area contributed by atoms with E-state index < -0.39 is 5.60 Å². The van der Waals surface area contributed by atoms with Crippen LogP contribution in [0.1, 0.15) is 52.9 Å². The van der Waals surface area contributed by atoms with Crippen molar-refractivity contribution in [2.45, 2.75) is 58.5 Å². The zero-order valence-electron chi connectivity index (χ0n) is 19.8. The summed E-state index contributed by atoms with van der Waals surface area (Å²) in [5.74, 6) is 1.85. The third kappa shape index (κ3) is 12.1. The Morgan fingerprint density at radius 2 is 1.90 bits per heavy atom. The van der Waals surface area contributed by atoms with Crippen molar-refractivity contribution in [1.29, 1.82) is 0 Å². The molecule has 2 fully saturated rings.